The first-order chi connectivity index (χ1) is 14.1. The van der Waals surface area contributed by atoms with Crippen LogP contribution in [0.25, 0.3) is 11.1 Å². The number of anilines is 1. The number of aromatic nitrogens is 2. The predicted octanol–water partition coefficient (Wildman–Crippen LogP) is 2.77. The molecular formula is C21H26ClN5O2. The van der Waals surface area contributed by atoms with Crippen molar-refractivity contribution in [2.75, 3.05) is 45.1 Å². The number of nitrogens with zero attached hydrogens (tertiary/aromatic N) is 4. The summed E-state index contributed by atoms with van der Waals surface area (Å²) in [4.78, 5) is 26.1. The van der Waals surface area contributed by atoms with Gasteiger partial charge in [0.2, 0.25) is 11.9 Å². The number of piperidine rings is 1. The minimum absolute atomic E-state index is 0.103. The topological polar surface area (TPSA) is 84.6 Å². The molecule has 1 amide bonds. The molecule has 2 fully saturated rings. The van der Waals surface area contributed by atoms with E-state index in [1.54, 1.807) is 6.20 Å². The highest BCUT2D eigenvalue weighted by Gasteiger charge is 2.32. The standard InChI is InChI=1S/C21H26ClN5O2/c22-16-6-4-15(5-7-16)17-13-24-21(23)25-20(17)18-3-1-2-8-27(18)19(28)14-26-9-11-29-12-10-26/h4-7,13,18H,1-3,8-12,14H2,(H2,23,24,25)/t18-/m1/s1. The Bertz CT molecular complexity index is 855. The molecule has 2 aliphatic rings. The second-order valence-electron chi connectivity index (χ2n) is 7.52. The minimum Gasteiger partial charge on any atom is -0.379 e. The van der Waals surface area contributed by atoms with Gasteiger partial charge in [0.05, 0.1) is 31.5 Å². The molecule has 2 N–H and O–H groups in total. The number of likely N-dealkylation sites (tertiary alicyclic amines) is 1. The SMILES string of the molecule is Nc1ncc(-c2ccc(Cl)cc2)c([C@H]2CCCCN2C(=O)CN2CCOCC2)n1. The van der Waals surface area contributed by atoms with Gasteiger partial charge in [-0.3, -0.25) is 9.69 Å². The van der Waals surface area contributed by atoms with E-state index < -0.39 is 0 Å². The van der Waals surface area contributed by atoms with Crippen molar-refractivity contribution in [3.05, 3.63) is 41.2 Å². The van der Waals surface area contributed by atoms with Crippen molar-refractivity contribution in [2.24, 2.45) is 0 Å². The summed E-state index contributed by atoms with van der Waals surface area (Å²) in [6, 6.07) is 7.49. The largest absolute Gasteiger partial charge is 0.379 e. The first kappa shape index (κ1) is 20.1. The van der Waals surface area contributed by atoms with Gasteiger partial charge in [-0.1, -0.05) is 23.7 Å². The van der Waals surface area contributed by atoms with E-state index in [1.165, 1.54) is 0 Å². The van der Waals surface area contributed by atoms with E-state index in [4.69, 9.17) is 22.1 Å². The van der Waals surface area contributed by atoms with Crippen LogP contribution in [0, 0.1) is 0 Å². The summed E-state index contributed by atoms with van der Waals surface area (Å²) in [7, 11) is 0. The van der Waals surface area contributed by atoms with Gasteiger partial charge >= 0.3 is 0 Å². The maximum atomic E-state index is 13.2. The number of hydrogen-bond acceptors (Lipinski definition) is 6. The number of amides is 1. The van der Waals surface area contributed by atoms with E-state index in [9.17, 15) is 4.79 Å². The molecule has 4 rings (SSSR count). The molecule has 0 saturated carbocycles. The van der Waals surface area contributed by atoms with Crippen LogP contribution in [0.4, 0.5) is 5.95 Å². The van der Waals surface area contributed by atoms with Crippen LogP contribution < -0.4 is 5.73 Å². The Hall–Kier alpha value is -2.22. The van der Waals surface area contributed by atoms with Gasteiger partial charge in [0.25, 0.3) is 0 Å². The van der Waals surface area contributed by atoms with E-state index in [1.807, 2.05) is 29.2 Å². The van der Waals surface area contributed by atoms with E-state index in [2.05, 4.69) is 14.9 Å². The second-order valence-corrected chi connectivity index (χ2v) is 7.96. The quantitative estimate of drug-likeness (QED) is 0.826. The van der Waals surface area contributed by atoms with E-state index in [-0.39, 0.29) is 17.9 Å². The Morgan fingerprint density at radius 2 is 1.93 bits per heavy atom. The summed E-state index contributed by atoms with van der Waals surface area (Å²) in [5.74, 6) is 0.361. The Labute approximate surface area is 175 Å². The average molecular weight is 416 g/mol. The van der Waals surface area contributed by atoms with Gasteiger partial charge in [0.15, 0.2) is 0 Å². The molecule has 1 atom stereocenters. The molecule has 0 unspecified atom stereocenters. The van der Waals surface area contributed by atoms with Gasteiger partial charge in [-0.15, -0.1) is 0 Å². The Morgan fingerprint density at radius 1 is 1.17 bits per heavy atom. The van der Waals surface area contributed by atoms with E-state index in [0.29, 0.717) is 24.8 Å². The van der Waals surface area contributed by atoms with Crippen molar-refractivity contribution in [3.8, 4) is 11.1 Å². The molecule has 7 nitrogen and oxygen atoms in total. The number of benzene rings is 1. The lowest BCUT2D eigenvalue weighted by molar-refractivity contribution is -0.137. The average Bonchev–Trinajstić information content (AvgIpc) is 2.75. The summed E-state index contributed by atoms with van der Waals surface area (Å²) in [5.41, 5.74) is 8.62. The number of ether oxygens (including phenoxy) is 1. The zero-order valence-electron chi connectivity index (χ0n) is 16.4. The third-order valence-corrected chi connectivity index (χ3v) is 5.85. The smallest absolute Gasteiger partial charge is 0.237 e. The Morgan fingerprint density at radius 3 is 2.69 bits per heavy atom. The van der Waals surface area contributed by atoms with Crippen molar-refractivity contribution < 1.29 is 9.53 Å². The molecule has 1 aromatic carbocycles. The second kappa shape index (κ2) is 9.07. The van der Waals surface area contributed by atoms with Crippen LogP contribution in [0.15, 0.2) is 30.5 Å². The van der Waals surface area contributed by atoms with E-state index >= 15 is 0 Å². The van der Waals surface area contributed by atoms with Crippen LogP contribution in [0.1, 0.15) is 31.0 Å². The highest BCUT2D eigenvalue weighted by Crippen LogP contribution is 2.36. The molecule has 1 aromatic heterocycles. The van der Waals surface area contributed by atoms with Crippen molar-refractivity contribution in [3.63, 3.8) is 0 Å². The van der Waals surface area contributed by atoms with Crippen molar-refractivity contribution >= 4 is 23.5 Å². The molecule has 0 spiro atoms. The summed E-state index contributed by atoms with van der Waals surface area (Å²) in [6.07, 6.45) is 4.67. The number of nitrogen functional groups attached to an aromatic ring is 1. The van der Waals surface area contributed by atoms with Crippen LogP contribution in [0.5, 0.6) is 0 Å². The highest BCUT2D eigenvalue weighted by molar-refractivity contribution is 6.30. The molecule has 0 bridgehead atoms. The molecule has 3 heterocycles. The Balaban J connectivity index is 1.63. The zero-order chi connectivity index (χ0) is 20.2. The summed E-state index contributed by atoms with van der Waals surface area (Å²) >= 11 is 6.05. The van der Waals surface area contributed by atoms with Crippen molar-refractivity contribution in [2.45, 2.75) is 25.3 Å². The van der Waals surface area contributed by atoms with Crippen molar-refractivity contribution in [1.29, 1.82) is 0 Å². The van der Waals surface area contributed by atoms with Gasteiger partial charge in [-0.05, 0) is 37.0 Å². The van der Waals surface area contributed by atoms with Crippen LogP contribution in [0.2, 0.25) is 5.02 Å². The monoisotopic (exact) mass is 415 g/mol. The van der Waals surface area contributed by atoms with Gasteiger partial charge in [-0.25, -0.2) is 9.97 Å². The van der Waals surface area contributed by atoms with E-state index in [0.717, 1.165) is 55.7 Å². The lowest BCUT2D eigenvalue weighted by atomic mass is 9.93. The number of carbonyl (C=O) groups is 1. The number of carbonyl (C=O) groups excluding carboxylic acids is 1. The number of rotatable bonds is 4. The maximum Gasteiger partial charge on any atom is 0.237 e. The lowest BCUT2D eigenvalue weighted by Crippen LogP contribution is -2.47. The van der Waals surface area contributed by atoms with Crippen LogP contribution in [0.3, 0.4) is 0 Å². The molecule has 0 radical (unpaired) electrons. The number of hydrogen-bond donors (Lipinski definition) is 1. The van der Waals surface area contributed by atoms with Crippen LogP contribution in [-0.4, -0.2) is 65.1 Å². The third kappa shape index (κ3) is 4.69. The van der Waals surface area contributed by atoms with Crippen LogP contribution in [-0.2, 0) is 9.53 Å². The van der Waals surface area contributed by atoms with Gasteiger partial charge in [0.1, 0.15) is 0 Å². The molecule has 2 aromatic rings. The first-order valence-electron chi connectivity index (χ1n) is 10.1. The molecule has 29 heavy (non-hydrogen) atoms. The fraction of sp³-hybridized carbons (Fsp3) is 0.476. The van der Waals surface area contributed by atoms with Gasteiger partial charge < -0.3 is 15.4 Å². The normalized spacial score (nSPS) is 20.6. The maximum absolute atomic E-state index is 13.2. The predicted molar refractivity (Wildman–Crippen MR) is 112 cm³/mol. The van der Waals surface area contributed by atoms with Gasteiger partial charge in [0, 0.05) is 36.4 Å². The fourth-order valence-electron chi connectivity index (χ4n) is 4.07. The fourth-order valence-corrected chi connectivity index (χ4v) is 4.20. The van der Waals surface area contributed by atoms with Gasteiger partial charge in [-0.2, -0.15) is 0 Å². The zero-order valence-corrected chi connectivity index (χ0v) is 17.1. The van der Waals surface area contributed by atoms with Crippen molar-refractivity contribution in [1.82, 2.24) is 19.8 Å². The summed E-state index contributed by atoms with van der Waals surface area (Å²) in [5, 5.41) is 0.673. The van der Waals surface area contributed by atoms with Crippen LogP contribution >= 0.6 is 11.6 Å². The number of nitrogens with two attached hydrogens (primary N) is 1. The highest BCUT2D eigenvalue weighted by atomic mass is 35.5. The number of morpholine rings is 1. The number of halogens is 1. The lowest BCUT2D eigenvalue weighted by Gasteiger charge is -2.38. The summed E-state index contributed by atoms with van der Waals surface area (Å²) in [6.45, 7) is 4.09. The summed E-state index contributed by atoms with van der Waals surface area (Å²) < 4.78 is 5.40. The third-order valence-electron chi connectivity index (χ3n) is 5.59. The minimum atomic E-state index is -0.103. The molecule has 2 saturated heterocycles. The molecule has 8 heteroatoms. The molecule has 2 aliphatic heterocycles. The molecule has 154 valence electrons. The molecular weight excluding hydrogens is 390 g/mol. The Kier molecular flexibility index (Phi) is 6.28. The molecule has 0 aliphatic carbocycles. The first-order valence-corrected chi connectivity index (χ1v) is 10.5.